The maximum Gasteiger partial charge on any atom is 0.267 e. The van der Waals surface area contributed by atoms with Gasteiger partial charge in [0, 0.05) is 17.4 Å². The molecule has 4 nitrogen and oxygen atoms in total. The average molecular weight is 298 g/mol. The Labute approximate surface area is 126 Å². The monoisotopic (exact) mass is 298 g/mol. The number of fused-ring (bicyclic) bond motifs is 1. The molecule has 112 valence electrons. The topological polar surface area (TPSA) is 65.1 Å². The second-order valence-electron chi connectivity index (χ2n) is 5.02. The molecule has 1 heterocycles. The van der Waals surface area contributed by atoms with Crippen LogP contribution >= 0.6 is 0 Å². The van der Waals surface area contributed by atoms with Crippen LogP contribution in [0, 0.1) is 5.82 Å². The van der Waals surface area contributed by atoms with Gasteiger partial charge < -0.3 is 15.4 Å². The van der Waals surface area contributed by atoms with Crippen LogP contribution in [-0.2, 0) is 13.2 Å². The minimum Gasteiger partial charge on any atom is -0.392 e. The van der Waals surface area contributed by atoms with Crippen molar-refractivity contribution in [3.8, 4) is 0 Å². The fourth-order valence-corrected chi connectivity index (χ4v) is 2.38. The molecular weight excluding hydrogens is 283 g/mol. The zero-order chi connectivity index (χ0) is 15.5. The van der Waals surface area contributed by atoms with Gasteiger partial charge in [0.25, 0.3) is 5.91 Å². The van der Waals surface area contributed by atoms with Gasteiger partial charge in [0.1, 0.15) is 11.5 Å². The summed E-state index contributed by atoms with van der Waals surface area (Å²) in [6.07, 6.45) is 0. The van der Waals surface area contributed by atoms with Crippen molar-refractivity contribution >= 4 is 16.8 Å². The molecule has 3 N–H and O–H groups in total. The summed E-state index contributed by atoms with van der Waals surface area (Å²) in [5, 5.41) is 12.7. The minimum atomic E-state index is -0.338. The van der Waals surface area contributed by atoms with Crippen LogP contribution in [0.4, 0.5) is 4.39 Å². The molecule has 0 spiro atoms. The van der Waals surface area contributed by atoms with Gasteiger partial charge in [-0.25, -0.2) is 4.39 Å². The molecule has 0 atom stereocenters. The Morgan fingerprint density at radius 1 is 1.14 bits per heavy atom. The molecule has 1 amide bonds. The van der Waals surface area contributed by atoms with E-state index in [0.29, 0.717) is 23.1 Å². The fourth-order valence-electron chi connectivity index (χ4n) is 2.38. The summed E-state index contributed by atoms with van der Waals surface area (Å²) in [5.74, 6) is -0.611. The molecule has 0 aliphatic rings. The molecule has 0 unspecified atom stereocenters. The van der Waals surface area contributed by atoms with Crippen molar-refractivity contribution in [2.45, 2.75) is 13.2 Å². The fraction of sp³-hybridized carbons (Fsp3) is 0.118. The molecule has 0 radical (unpaired) electrons. The Morgan fingerprint density at radius 3 is 2.68 bits per heavy atom. The number of benzene rings is 2. The quantitative estimate of drug-likeness (QED) is 0.693. The summed E-state index contributed by atoms with van der Waals surface area (Å²) < 4.78 is 13.2. The zero-order valence-corrected chi connectivity index (χ0v) is 11.8. The zero-order valence-electron chi connectivity index (χ0n) is 11.8. The Balaban J connectivity index is 1.76. The molecule has 0 fully saturated rings. The van der Waals surface area contributed by atoms with E-state index < -0.39 is 0 Å². The number of carbonyl (C=O) groups is 1. The summed E-state index contributed by atoms with van der Waals surface area (Å²) in [5.41, 5.74) is 2.73. The van der Waals surface area contributed by atoms with E-state index in [-0.39, 0.29) is 18.3 Å². The van der Waals surface area contributed by atoms with Crippen LogP contribution in [0.15, 0.2) is 48.5 Å². The van der Waals surface area contributed by atoms with Crippen molar-refractivity contribution in [1.29, 1.82) is 0 Å². The van der Waals surface area contributed by atoms with Gasteiger partial charge in [-0.15, -0.1) is 0 Å². The van der Waals surface area contributed by atoms with Crippen molar-refractivity contribution in [1.82, 2.24) is 10.3 Å². The number of hydrogen-bond acceptors (Lipinski definition) is 2. The lowest BCUT2D eigenvalue weighted by Gasteiger charge is -2.08. The minimum absolute atomic E-state index is 0.0717. The third kappa shape index (κ3) is 2.84. The van der Waals surface area contributed by atoms with Crippen molar-refractivity contribution in [3.05, 3.63) is 71.2 Å². The van der Waals surface area contributed by atoms with Gasteiger partial charge in [-0.1, -0.05) is 24.3 Å². The number of nitrogens with one attached hydrogen (secondary N) is 2. The maximum atomic E-state index is 13.2. The van der Waals surface area contributed by atoms with Crippen molar-refractivity contribution in [2.75, 3.05) is 0 Å². The first kappa shape index (κ1) is 14.3. The third-order valence-corrected chi connectivity index (χ3v) is 3.56. The lowest BCUT2D eigenvalue weighted by molar-refractivity contribution is 0.0946. The van der Waals surface area contributed by atoms with Crippen molar-refractivity contribution < 1.29 is 14.3 Å². The summed E-state index contributed by atoms with van der Waals surface area (Å²) in [6.45, 7) is 0.247. The number of aliphatic hydroxyl groups excluding tert-OH is 1. The summed E-state index contributed by atoms with van der Waals surface area (Å²) >= 11 is 0. The molecule has 3 rings (SSSR count). The van der Waals surface area contributed by atoms with Crippen LogP contribution in [0.1, 0.15) is 21.6 Å². The van der Waals surface area contributed by atoms with Crippen LogP contribution in [0.5, 0.6) is 0 Å². The molecular formula is C17H15FN2O2. The molecule has 0 aliphatic heterocycles. The van der Waals surface area contributed by atoms with E-state index >= 15 is 0 Å². The van der Waals surface area contributed by atoms with Gasteiger partial charge in [-0.3, -0.25) is 4.79 Å². The number of halogens is 1. The van der Waals surface area contributed by atoms with Crippen LogP contribution in [0.2, 0.25) is 0 Å². The van der Waals surface area contributed by atoms with E-state index in [2.05, 4.69) is 10.3 Å². The Bertz CT molecular complexity index is 826. The second-order valence-corrected chi connectivity index (χ2v) is 5.02. The molecule has 1 aromatic heterocycles. The lowest BCUT2D eigenvalue weighted by atomic mass is 10.1. The predicted octanol–water partition coefficient (Wildman–Crippen LogP) is 2.73. The summed E-state index contributed by atoms with van der Waals surface area (Å²) in [4.78, 5) is 15.1. The van der Waals surface area contributed by atoms with Gasteiger partial charge in [-0.2, -0.15) is 0 Å². The number of H-pyrrole nitrogens is 1. The Hall–Kier alpha value is -2.66. The van der Waals surface area contributed by atoms with Gasteiger partial charge in [-0.05, 0) is 35.4 Å². The van der Waals surface area contributed by atoms with E-state index in [1.807, 2.05) is 24.3 Å². The van der Waals surface area contributed by atoms with Crippen molar-refractivity contribution in [3.63, 3.8) is 0 Å². The number of aromatic nitrogens is 1. The number of amides is 1. The first-order valence-electron chi connectivity index (χ1n) is 6.91. The highest BCUT2D eigenvalue weighted by molar-refractivity contribution is 5.97. The van der Waals surface area contributed by atoms with Gasteiger partial charge in [0.15, 0.2) is 0 Å². The smallest absolute Gasteiger partial charge is 0.267 e. The van der Waals surface area contributed by atoms with E-state index in [1.165, 1.54) is 12.1 Å². The molecule has 0 aliphatic carbocycles. The highest BCUT2D eigenvalue weighted by Crippen LogP contribution is 2.17. The van der Waals surface area contributed by atoms with Crippen LogP contribution in [-0.4, -0.2) is 16.0 Å². The summed E-state index contributed by atoms with van der Waals surface area (Å²) in [6, 6.07) is 13.3. The SMILES string of the molecule is O=C(NCc1ccccc1CO)c1cc2cc(F)ccc2[nH]1. The molecule has 0 bridgehead atoms. The number of rotatable bonds is 4. The predicted molar refractivity (Wildman–Crippen MR) is 81.8 cm³/mol. The van der Waals surface area contributed by atoms with Crippen LogP contribution in [0.3, 0.4) is 0 Å². The first-order valence-corrected chi connectivity index (χ1v) is 6.91. The summed E-state index contributed by atoms with van der Waals surface area (Å²) in [7, 11) is 0. The Kier molecular flexibility index (Phi) is 3.89. The molecule has 2 aromatic carbocycles. The van der Waals surface area contributed by atoms with E-state index in [1.54, 1.807) is 12.1 Å². The number of aliphatic hydroxyl groups is 1. The van der Waals surface area contributed by atoms with E-state index in [9.17, 15) is 14.3 Å². The van der Waals surface area contributed by atoms with E-state index in [4.69, 9.17) is 0 Å². The average Bonchev–Trinajstić information content (AvgIpc) is 2.96. The normalized spacial score (nSPS) is 10.8. The van der Waals surface area contributed by atoms with Crippen LogP contribution in [0.25, 0.3) is 10.9 Å². The van der Waals surface area contributed by atoms with Gasteiger partial charge in [0.05, 0.1) is 6.61 Å². The van der Waals surface area contributed by atoms with Crippen molar-refractivity contribution in [2.24, 2.45) is 0 Å². The second kappa shape index (κ2) is 5.99. The van der Waals surface area contributed by atoms with E-state index in [0.717, 1.165) is 11.1 Å². The van der Waals surface area contributed by atoms with Gasteiger partial charge >= 0.3 is 0 Å². The number of carbonyl (C=O) groups excluding carboxylic acids is 1. The van der Waals surface area contributed by atoms with Crippen LogP contribution < -0.4 is 5.32 Å². The Morgan fingerprint density at radius 2 is 1.91 bits per heavy atom. The largest absolute Gasteiger partial charge is 0.392 e. The first-order chi connectivity index (χ1) is 10.7. The third-order valence-electron chi connectivity index (χ3n) is 3.56. The highest BCUT2D eigenvalue weighted by Gasteiger charge is 2.10. The standard InChI is InChI=1S/C17H15FN2O2/c18-14-5-6-15-13(7-14)8-16(20-15)17(22)19-9-11-3-1-2-4-12(11)10-21/h1-8,20-21H,9-10H2,(H,19,22). The molecule has 0 saturated carbocycles. The molecule has 5 heteroatoms. The molecule has 0 saturated heterocycles. The number of hydrogen-bond donors (Lipinski definition) is 3. The molecule has 22 heavy (non-hydrogen) atoms. The lowest BCUT2D eigenvalue weighted by Crippen LogP contribution is -2.23. The number of aromatic amines is 1. The van der Waals surface area contributed by atoms with Gasteiger partial charge in [0.2, 0.25) is 0 Å². The highest BCUT2D eigenvalue weighted by atomic mass is 19.1. The molecule has 3 aromatic rings. The maximum absolute atomic E-state index is 13.2.